The summed E-state index contributed by atoms with van der Waals surface area (Å²) >= 11 is 6.26. The normalized spacial score (nSPS) is 22.3. The third-order valence-electron chi connectivity index (χ3n) is 5.52. The summed E-state index contributed by atoms with van der Waals surface area (Å²) in [4.78, 5) is 25.4. The first-order chi connectivity index (χ1) is 13.8. The van der Waals surface area contributed by atoms with E-state index in [1.165, 1.54) is 18.2 Å². The van der Waals surface area contributed by atoms with E-state index in [0.717, 1.165) is 11.6 Å². The van der Waals surface area contributed by atoms with Crippen LogP contribution in [0.1, 0.15) is 47.8 Å². The van der Waals surface area contributed by atoms with Crippen LogP contribution in [0.3, 0.4) is 0 Å². The van der Waals surface area contributed by atoms with Crippen LogP contribution in [-0.2, 0) is 15.8 Å². The molecule has 0 radical (unpaired) electrons. The Morgan fingerprint density at radius 1 is 0.897 bits per heavy atom. The summed E-state index contributed by atoms with van der Waals surface area (Å²) in [5.41, 5.74) is 0.634. The van der Waals surface area contributed by atoms with Gasteiger partial charge in [-0.1, -0.05) is 48.0 Å². The smallest absolute Gasteiger partial charge is 0.329 e. The number of carbonyl (C=O) groups is 2. The van der Waals surface area contributed by atoms with Crippen molar-refractivity contribution >= 4 is 23.3 Å². The molecule has 4 rings (SSSR count). The number of benzene rings is 2. The number of alkyl halides is 3. The summed E-state index contributed by atoms with van der Waals surface area (Å²) in [6, 6.07) is 12.3. The third-order valence-corrected chi connectivity index (χ3v) is 5.87. The van der Waals surface area contributed by atoms with Gasteiger partial charge in [0.1, 0.15) is 0 Å². The molecule has 2 aromatic carbocycles. The Balaban J connectivity index is 1.78. The highest BCUT2D eigenvalue weighted by Gasteiger charge is 2.42. The minimum absolute atomic E-state index is 0.0353. The molecule has 0 saturated carbocycles. The number of ketones is 1. The number of hydrogen-bond donors (Lipinski definition) is 1. The van der Waals surface area contributed by atoms with Crippen LogP contribution in [0.4, 0.5) is 13.2 Å². The lowest BCUT2D eigenvalue weighted by molar-refractivity contribution is -0.138. The van der Waals surface area contributed by atoms with E-state index in [1.807, 2.05) is 12.1 Å². The number of carbonyl (C=O) groups excluding carboxylic acids is 2. The van der Waals surface area contributed by atoms with Crippen LogP contribution in [0, 0.1) is 0 Å². The van der Waals surface area contributed by atoms with Crippen molar-refractivity contribution in [3.8, 4) is 0 Å². The molecule has 0 bridgehead atoms. The van der Waals surface area contributed by atoms with Crippen LogP contribution in [0.5, 0.6) is 0 Å². The van der Waals surface area contributed by atoms with Crippen molar-refractivity contribution < 1.29 is 22.8 Å². The minimum Gasteiger partial charge on any atom is -0.329 e. The zero-order chi connectivity index (χ0) is 20.8. The second kappa shape index (κ2) is 7.34. The molecule has 0 saturated heterocycles. The standard InChI is InChI=1S/C22H17ClF3NO2/c23-17-8-4-2-5-13(17)12-9-18-21(19(28)10-12)15(11-20(29)27-18)14-6-1-3-7-16(14)22(24,25)26/h1-8,12,15H,9-11H2,(H,27,29)/t12-,15-/m0/s1. The number of amides is 1. The van der Waals surface area contributed by atoms with Gasteiger partial charge in [-0.15, -0.1) is 0 Å². The van der Waals surface area contributed by atoms with Gasteiger partial charge < -0.3 is 5.32 Å². The number of nitrogens with one attached hydrogen (secondary N) is 1. The fourth-order valence-corrected chi connectivity index (χ4v) is 4.60. The second-order valence-corrected chi connectivity index (χ2v) is 7.74. The maximum Gasteiger partial charge on any atom is 0.416 e. The molecular weight excluding hydrogens is 403 g/mol. The first-order valence-electron chi connectivity index (χ1n) is 9.22. The predicted molar refractivity (Wildman–Crippen MR) is 102 cm³/mol. The summed E-state index contributed by atoms with van der Waals surface area (Å²) in [5.74, 6) is -1.78. The molecule has 1 heterocycles. The fraction of sp³-hybridized carbons (Fsp3) is 0.273. The van der Waals surface area contributed by atoms with Gasteiger partial charge >= 0.3 is 6.18 Å². The lowest BCUT2D eigenvalue weighted by atomic mass is 9.72. The highest BCUT2D eigenvalue weighted by molar-refractivity contribution is 6.31. The lowest BCUT2D eigenvalue weighted by Gasteiger charge is -2.35. The number of halogens is 4. The molecular formula is C22H17ClF3NO2. The molecule has 150 valence electrons. The monoisotopic (exact) mass is 419 g/mol. The topological polar surface area (TPSA) is 46.2 Å². The summed E-state index contributed by atoms with van der Waals surface area (Å²) in [5, 5.41) is 3.24. The Morgan fingerprint density at radius 2 is 1.55 bits per heavy atom. The molecule has 2 aliphatic rings. The van der Waals surface area contributed by atoms with Crippen molar-refractivity contribution in [3.63, 3.8) is 0 Å². The molecule has 0 unspecified atom stereocenters. The Hall–Kier alpha value is -2.60. The van der Waals surface area contributed by atoms with Crippen molar-refractivity contribution in [2.45, 2.75) is 37.3 Å². The Labute approximate surface area is 170 Å². The highest BCUT2D eigenvalue weighted by Crippen LogP contribution is 2.46. The van der Waals surface area contributed by atoms with Gasteiger partial charge in [0, 0.05) is 35.1 Å². The van der Waals surface area contributed by atoms with Crippen LogP contribution in [0.25, 0.3) is 0 Å². The average molecular weight is 420 g/mol. The maximum absolute atomic E-state index is 13.5. The number of Topliss-reactive ketones (excluding diaryl/α,β-unsaturated/α-hetero) is 1. The van der Waals surface area contributed by atoms with Crippen LogP contribution in [0.15, 0.2) is 59.8 Å². The molecule has 0 fully saturated rings. The number of allylic oxidation sites excluding steroid dienone is 2. The second-order valence-electron chi connectivity index (χ2n) is 7.33. The van der Waals surface area contributed by atoms with Crippen LogP contribution < -0.4 is 5.32 Å². The van der Waals surface area contributed by atoms with Gasteiger partial charge in [-0.05, 0) is 35.6 Å². The van der Waals surface area contributed by atoms with Gasteiger partial charge in [-0.3, -0.25) is 9.59 Å². The number of rotatable bonds is 2. The first-order valence-corrected chi connectivity index (χ1v) is 9.60. The third kappa shape index (κ3) is 3.69. The summed E-state index contributed by atoms with van der Waals surface area (Å²) < 4.78 is 40.6. The van der Waals surface area contributed by atoms with Crippen LogP contribution in [0.2, 0.25) is 5.02 Å². The maximum atomic E-state index is 13.5. The summed E-state index contributed by atoms with van der Waals surface area (Å²) in [7, 11) is 0. The molecule has 29 heavy (non-hydrogen) atoms. The van der Waals surface area contributed by atoms with Gasteiger partial charge in [0.2, 0.25) is 5.91 Å². The van der Waals surface area contributed by atoms with Gasteiger partial charge in [0.05, 0.1) is 5.56 Å². The van der Waals surface area contributed by atoms with E-state index >= 15 is 0 Å². The predicted octanol–water partition coefficient (Wildman–Crippen LogP) is 5.36. The van der Waals surface area contributed by atoms with E-state index in [2.05, 4.69) is 5.32 Å². The number of hydrogen-bond acceptors (Lipinski definition) is 2. The Morgan fingerprint density at radius 3 is 2.24 bits per heavy atom. The molecule has 0 aromatic heterocycles. The fourth-order valence-electron chi connectivity index (χ4n) is 4.31. The molecule has 2 aromatic rings. The lowest BCUT2D eigenvalue weighted by Crippen LogP contribution is -2.38. The van der Waals surface area contributed by atoms with Crippen molar-refractivity contribution in [2.24, 2.45) is 0 Å². The van der Waals surface area contributed by atoms with E-state index in [4.69, 9.17) is 11.6 Å². The molecule has 1 aliphatic carbocycles. The van der Waals surface area contributed by atoms with Gasteiger partial charge in [0.15, 0.2) is 5.78 Å². The van der Waals surface area contributed by atoms with Crippen LogP contribution >= 0.6 is 11.6 Å². The van der Waals surface area contributed by atoms with Gasteiger partial charge in [-0.2, -0.15) is 13.2 Å². The van der Waals surface area contributed by atoms with E-state index in [1.54, 1.807) is 12.1 Å². The zero-order valence-corrected chi connectivity index (χ0v) is 16.0. The summed E-state index contributed by atoms with van der Waals surface area (Å²) in [6.45, 7) is 0. The van der Waals surface area contributed by atoms with E-state index < -0.39 is 23.6 Å². The minimum atomic E-state index is -4.57. The van der Waals surface area contributed by atoms with Gasteiger partial charge in [-0.25, -0.2) is 0 Å². The van der Waals surface area contributed by atoms with Crippen molar-refractivity contribution in [1.29, 1.82) is 0 Å². The van der Waals surface area contributed by atoms with E-state index in [-0.39, 0.29) is 35.7 Å². The summed E-state index contributed by atoms with van der Waals surface area (Å²) in [6.07, 6.45) is -4.26. The molecule has 2 atom stereocenters. The van der Waals surface area contributed by atoms with Crippen molar-refractivity contribution in [1.82, 2.24) is 5.32 Å². The van der Waals surface area contributed by atoms with Crippen molar-refractivity contribution in [2.75, 3.05) is 0 Å². The molecule has 1 N–H and O–H groups in total. The molecule has 3 nitrogen and oxygen atoms in total. The average Bonchev–Trinajstić information content (AvgIpc) is 2.66. The molecule has 1 aliphatic heterocycles. The molecule has 7 heteroatoms. The zero-order valence-electron chi connectivity index (χ0n) is 15.2. The molecule has 1 amide bonds. The van der Waals surface area contributed by atoms with E-state index in [0.29, 0.717) is 17.1 Å². The molecule has 0 spiro atoms. The highest BCUT2D eigenvalue weighted by atomic mass is 35.5. The largest absolute Gasteiger partial charge is 0.416 e. The van der Waals surface area contributed by atoms with Gasteiger partial charge in [0.25, 0.3) is 0 Å². The van der Waals surface area contributed by atoms with Crippen molar-refractivity contribution in [3.05, 3.63) is 81.5 Å². The van der Waals surface area contributed by atoms with Crippen LogP contribution in [-0.4, -0.2) is 11.7 Å². The Kier molecular flexibility index (Phi) is 4.99. The first kappa shape index (κ1) is 19.7. The quantitative estimate of drug-likeness (QED) is 0.712. The Bertz CT molecular complexity index is 1030. The SMILES string of the molecule is O=C1C[C@@H](c2ccccc2C(F)(F)F)C2=C(C[C@H](c3ccccc3Cl)CC2=O)N1. The van der Waals surface area contributed by atoms with E-state index in [9.17, 15) is 22.8 Å².